The Bertz CT molecular complexity index is 1560. The first-order valence-electron chi connectivity index (χ1n) is 12.2. The van der Waals surface area contributed by atoms with E-state index >= 15 is 0 Å². The largest absolute Gasteiger partial charge is 0.478 e. The van der Waals surface area contributed by atoms with Crippen LogP contribution >= 0.6 is 0 Å². The molecular weight excluding hydrogens is 467 g/mol. The summed E-state index contributed by atoms with van der Waals surface area (Å²) in [5.41, 5.74) is 5.05. The van der Waals surface area contributed by atoms with E-state index in [2.05, 4.69) is 34.3 Å². The number of aromatic nitrogens is 2. The van der Waals surface area contributed by atoms with Crippen LogP contribution < -0.4 is 10.2 Å². The van der Waals surface area contributed by atoms with Crippen LogP contribution in [0.3, 0.4) is 0 Å². The van der Waals surface area contributed by atoms with Crippen molar-refractivity contribution in [1.82, 2.24) is 15.3 Å². The number of fused-ring (bicyclic) bond motifs is 2. The smallest absolute Gasteiger partial charge is 0.335 e. The number of anilines is 1. The normalized spacial score (nSPS) is 15.3. The van der Waals surface area contributed by atoms with Crippen molar-refractivity contribution in [1.29, 1.82) is 0 Å². The Hall–Kier alpha value is -4.36. The Morgan fingerprint density at radius 3 is 2.51 bits per heavy atom. The summed E-state index contributed by atoms with van der Waals surface area (Å²) < 4.78 is 13.3. The third kappa shape index (κ3) is 5.42. The van der Waals surface area contributed by atoms with Crippen molar-refractivity contribution in [2.45, 2.75) is 13.0 Å². The molecule has 0 spiro atoms. The zero-order valence-electron chi connectivity index (χ0n) is 20.4. The van der Waals surface area contributed by atoms with Crippen LogP contribution in [0.5, 0.6) is 0 Å². The van der Waals surface area contributed by atoms with Gasteiger partial charge in [-0.2, -0.15) is 0 Å². The van der Waals surface area contributed by atoms with Gasteiger partial charge in [-0.05, 0) is 67.6 Å². The minimum absolute atomic E-state index is 0.225. The highest BCUT2D eigenvalue weighted by Gasteiger charge is 2.22. The first-order valence-corrected chi connectivity index (χ1v) is 12.2. The number of hydrogen-bond donors (Lipinski definition) is 2. The Morgan fingerprint density at radius 1 is 0.973 bits per heavy atom. The quantitative estimate of drug-likeness (QED) is 0.331. The average Bonchev–Trinajstić information content (AvgIpc) is 2.93. The number of carboxylic acid groups (broad SMARTS) is 1. The molecule has 0 saturated carbocycles. The van der Waals surface area contributed by atoms with Gasteiger partial charge in [-0.1, -0.05) is 24.3 Å². The number of aromatic carboxylic acids is 1. The summed E-state index contributed by atoms with van der Waals surface area (Å²) in [6.07, 6.45) is 1.68. The molecule has 7 heteroatoms. The Balaban J connectivity index is 0.000000182. The van der Waals surface area contributed by atoms with Gasteiger partial charge in [0.05, 0.1) is 28.0 Å². The van der Waals surface area contributed by atoms with Gasteiger partial charge in [0.25, 0.3) is 0 Å². The van der Waals surface area contributed by atoms with Gasteiger partial charge in [-0.25, -0.2) is 14.2 Å². The third-order valence-corrected chi connectivity index (χ3v) is 6.48. The topological polar surface area (TPSA) is 78.4 Å². The van der Waals surface area contributed by atoms with E-state index in [1.807, 2.05) is 36.4 Å². The van der Waals surface area contributed by atoms with Gasteiger partial charge in [0.1, 0.15) is 5.82 Å². The lowest BCUT2D eigenvalue weighted by Crippen LogP contribution is -2.50. The number of pyridine rings is 2. The van der Waals surface area contributed by atoms with E-state index in [9.17, 15) is 9.18 Å². The molecule has 3 aromatic carbocycles. The number of benzene rings is 3. The summed E-state index contributed by atoms with van der Waals surface area (Å²) >= 11 is 0. The fourth-order valence-electron chi connectivity index (χ4n) is 4.55. The van der Waals surface area contributed by atoms with Gasteiger partial charge in [0.2, 0.25) is 0 Å². The average molecular weight is 495 g/mol. The number of nitrogens with one attached hydrogen (secondary N) is 1. The summed E-state index contributed by atoms with van der Waals surface area (Å²) in [6.45, 7) is 5.07. The fraction of sp³-hybridized carbons (Fsp3) is 0.167. The van der Waals surface area contributed by atoms with Crippen molar-refractivity contribution < 1.29 is 14.3 Å². The van der Waals surface area contributed by atoms with Crippen LogP contribution in [-0.4, -0.2) is 46.7 Å². The van der Waals surface area contributed by atoms with Crippen LogP contribution in [0, 0.1) is 5.82 Å². The first kappa shape index (κ1) is 24.3. The lowest BCUT2D eigenvalue weighted by atomic mass is 10.0. The van der Waals surface area contributed by atoms with E-state index in [1.54, 1.807) is 30.5 Å². The van der Waals surface area contributed by atoms with Crippen molar-refractivity contribution in [2.24, 2.45) is 0 Å². The SMILES string of the molecule is CC1CNCCN1c1cc2ccccc2nc1-c1ccc(F)cc1.O=C(O)c1ccc2ncccc2c1. The van der Waals surface area contributed by atoms with Crippen LogP contribution in [0.4, 0.5) is 10.1 Å². The number of rotatable bonds is 3. The molecule has 0 amide bonds. The monoisotopic (exact) mass is 494 g/mol. The van der Waals surface area contributed by atoms with E-state index in [-0.39, 0.29) is 5.82 Å². The van der Waals surface area contributed by atoms with Gasteiger partial charge < -0.3 is 15.3 Å². The standard InChI is InChI=1S/C20H20FN3.C10H7NO2/c1-14-13-22-10-11-24(14)19-12-16-4-2-3-5-18(16)23-20(19)15-6-8-17(21)9-7-15;12-10(13)8-3-4-9-7(6-8)2-1-5-11-9/h2-9,12,14,22H,10-11,13H2,1H3;1-6H,(H,12,13). The van der Waals surface area contributed by atoms with Gasteiger partial charge in [-0.3, -0.25) is 4.98 Å². The maximum atomic E-state index is 13.3. The van der Waals surface area contributed by atoms with E-state index in [0.717, 1.165) is 58.4 Å². The molecule has 1 aliphatic heterocycles. The van der Waals surface area contributed by atoms with E-state index in [0.29, 0.717) is 11.6 Å². The first-order chi connectivity index (χ1) is 18.0. The van der Waals surface area contributed by atoms with Gasteiger partial charge in [-0.15, -0.1) is 0 Å². The summed E-state index contributed by atoms with van der Waals surface area (Å²) in [5.74, 6) is -1.14. The van der Waals surface area contributed by atoms with E-state index in [1.165, 1.54) is 12.1 Å². The molecule has 1 unspecified atom stereocenters. The Kier molecular flexibility index (Phi) is 7.05. The van der Waals surface area contributed by atoms with Crippen molar-refractivity contribution >= 4 is 33.5 Å². The lowest BCUT2D eigenvalue weighted by Gasteiger charge is -2.37. The molecule has 0 aliphatic carbocycles. The molecular formula is C30H27FN4O2. The molecule has 3 heterocycles. The number of carbonyl (C=O) groups is 1. The fourth-order valence-corrected chi connectivity index (χ4v) is 4.55. The molecule has 1 aliphatic rings. The second kappa shape index (κ2) is 10.7. The van der Waals surface area contributed by atoms with Crippen molar-refractivity contribution in [3.05, 3.63) is 103 Å². The molecule has 2 N–H and O–H groups in total. The van der Waals surface area contributed by atoms with Crippen molar-refractivity contribution in [3.8, 4) is 11.3 Å². The minimum atomic E-state index is -0.911. The highest BCUT2D eigenvalue weighted by molar-refractivity contribution is 5.93. The van der Waals surface area contributed by atoms with Crippen molar-refractivity contribution in [3.63, 3.8) is 0 Å². The molecule has 5 aromatic rings. The molecule has 0 radical (unpaired) electrons. The molecule has 2 aromatic heterocycles. The van der Waals surface area contributed by atoms with Crippen molar-refractivity contribution in [2.75, 3.05) is 24.5 Å². The van der Waals surface area contributed by atoms with E-state index in [4.69, 9.17) is 10.1 Å². The number of nitrogens with zero attached hydrogens (tertiary/aromatic N) is 3. The van der Waals surface area contributed by atoms with Crippen LogP contribution in [0.25, 0.3) is 33.1 Å². The Morgan fingerprint density at radius 2 is 1.73 bits per heavy atom. The minimum Gasteiger partial charge on any atom is -0.478 e. The molecule has 37 heavy (non-hydrogen) atoms. The summed E-state index contributed by atoms with van der Waals surface area (Å²) in [5, 5.41) is 14.1. The number of para-hydroxylation sites is 1. The van der Waals surface area contributed by atoms with E-state index < -0.39 is 5.97 Å². The Labute approximate surface area is 214 Å². The molecule has 0 bridgehead atoms. The predicted octanol–water partition coefficient (Wildman–Crippen LogP) is 5.77. The summed E-state index contributed by atoms with van der Waals surface area (Å²) in [4.78, 5) is 22.0. The summed E-state index contributed by atoms with van der Waals surface area (Å²) in [7, 11) is 0. The number of piperazine rings is 1. The zero-order valence-corrected chi connectivity index (χ0v) is 20.4. The number of halogens is 1. The maximum absolute atomic E-state index is 13.3. The number of hydrogen-bond acceptors (Lipinski definition) is 5. The molecule has 1 saturated heterocycles. The highest BCUT2D eigenvalue weighted by Crippen LogP contribution is 2.34. The van der Waals surface area contributed by atoms with Gasteiger partial charge in [0.15, 0.2) is 0 Å². The molecule has 6 rings (SSSR count). The van der Waals surface area contributed by atoms with Crippen LogP contribution in [0.15, 0.2) is 91.1 Å². The number of carboxylic acids is 1. The second-order valence-electron chi connectivity index (χ2n) is 9.02. The maximum Gasteiger partial charge on any atom is 0.335 e. The van der Waals surface area contributed by atoms with Crippen LogP contribution in [0.2, 0.25) is 0 Å². The molecule has 186 valence electrons. The summed E-state index contributed by atoms with van der Waals surface area (Å²) in [6, 6.07) is 25.9. The lowest BCUT2D eigenvalue weighted by molar-refractivity contribution is 0.0697. The second-order valence-corrected chi connectivity index (χ2v) is 9.02. The molecule has 1 atom stereocenters. The van der Waals surface area contributed by atoms with Crippen LogP contribution in [-0.2, 0) is 0 Å². The highest BCUT2D eigenvalue weighted by atomic mass is 19.1. The zero-order chi connectivity index (χ0) is 25.8. The van der Waals surface area contributed by atoms with Crippen LogP contribution in [0.1, 0.15) is 17.3 Å². The molecule has 1 fully saturated rings. The molecule has 6 nitrogen and oxygen atoms in total. The predicted molar refractivity (Wildman–Crippen MR) is 146 cm³/mol. The third-order valence-electron chi connectivity index (χ3n) is 6.48. The van der Waals surface area contributed by atoms with Gasteiger partial charge in [0, 0.05) is 48.2 Å². The van der Waals surface area contributed by atoms with Gasteiger partial charge >= 0.3 is 5.97 Å².